The van der Waals surface area contributed by atoms with E-state index >= 15 is 0 Å². The highest BCUT2D eigenvalue weighted by atomic mass is 19.1. The number of aromatic nitrogens is 3. The molecule has 13 heteroatoms. The second-order valence-electron chi connectivity index (χ2n) is 12.1. The van der Waals surface area contributed by atoms with Gasteiger partial charge in [0.05, 0.1) is 25.5 Å². The van der Waals surface area contributed by atoms with Crippen LogP contribution in [0.2, 0.25) is 0 Å². The zero-order valence-corrected chi connectivity index (χ0v) is 26.8. The van der Waals surface area contributed by atoms with Gasteiger partial charge in [0.15, 0.2) is 23.0 Å². The molecule has 0 atom stereocenters. The lowest BCUT2D eigenvalue weighted by Crippen LogP contribution is -2.53. The van der Waals surface area contributed by atoms with E-state index < -0.39 is 17.5 Å². The maximum absolute atomic E-state index is 14.4. The average Bonchev–Trinajstić information content (AvgIpc) is 3.45. The molecular weight excluding hydrogens is 593 g/mol. The minimum Gasteiger partial charge on any atom is -0.494 e. The topological polar surface area (TPSA) is 122 Å². The van der Waals surface area contributed by atoms with Gasteiger partial charge < -0.3 is 29.5 Å². The maximum atomic E-state index is 14.4. The Morgan fingerprint density at radius 2 is 1.74 bits per heavy atom. The number of imidazole rings is 1. The van der Waals surface area contributed by atoms with Crippen molar-refractivity contribution < 1.29 is 28.2 Å². The predicted molar refractivity (Wildman–Crippen MR) is 171 cm³/mol. The smallest absolute Gasteiger partial charge is 0.410 e. The number of amides is 3. The zero-order valence-electron chi connectivity index (χ0n) is 26.8. The van der Waals surface area contributed by atoms with Crippen LogP contribution < -0.4 is 10.1 Å². The number of methoxy groups -OCH3 is 1. The molecule has 0 bridgehead atoms. The minimum absolute atomic E-state index is 0.0864. The largest absolute Gasteiger partial charge is 0.494 e. The number of aryl methyl sites for hydroxylation is 1. The van der Waals surface area contributed by atoms with Gasteiger partial charge in [-0.15, -0.1) is 0 Å². The standard InChI is InChI=1S/C33H38FN7O5/c1-21-17-23(37-29-30-36-19-26(41(30)12-11-35-29)22-7-10-27(45-6)25(34)18-22)8-9-24(21)31(43)38(5)20-28(42)39-13-15-40(16-14-39)32(44)46-33(2,3)4/h7-12,17-19H,13-16,20H2,1-6H3,(H,35,37). The van der Waals surface area contributed by atoms with Crippen LogP contribution in [0, 0.1) is 12.7 Å². The lowest BCUT2D eigenvalue weighted by molar-refractivity contribution is -0.133. The number of anilines is 2. The van der Waals surface area contributed by atoms with E-state index in [1.165, 1.54) is 18.1 Å². The summed E-state index contributed by atoms with van der Waals surface area (Å²) in [5.74, 6) is -0.302. The van der Waals surface area contributed by atoms with Crippen LogP contribution >= 0.6 is 0 Å². The molecule has 0 unspecified atom stereocenters. The summed E-state index contributed by atoms with van der Waals surface area (Å²) >= 11 is 0. The molecule has 2 aromatic carbocycles. The van der Waals surface area contributed by atoms with Gasteiger partial charge in [0.25, 0.3) is 5.91 Å². The Labute approximate surface area is 266 Å². The van der Waals surface area contributed by atoms with Crippen molar-refractivity contribution in [1.82, 2.24) is 29.1 Å². The van der Waals surface area contributed by atoms with Crippen LogP contribution in [-0.2, 0) is 9.53 Å². The summed E-state index contributed by atoms with van der Waals surface area (Å²) in [6, 6.07) is 10.0. The summed E-state index contributed by atoms with van der Waals surface area (Å²) in [5.41, 5.74) is 3.13. The molecule has 0 aliphatic carbocycles. The van der Waals surface area contributed by atoms with Crippen molar-refractivity contribution in [3.8, 4) is 17.0 Å². The fraction of sp³-hybridized carbons (Fsp3) is 0.364. The number of carbonyl (C=O) groups excluding carboxylic acids is 3. The van der Waals surface area contributed by atoms with Gasteiger partial charge in [0, 0.05) is 62.4 Å². The Morgan fingerprint density at radius 3 is 2.39 bits per heavy atom. The molecule has 46 heavy (non-hydrogen) atoms. The molecule has 3 heterocycles. The summed E-state index contributed by atoms with van der Waals surface area (Å²) < 4.78 is 26.6. The van der Waals surface area contributed by atoms with Crippen LogP contribution in [0.3, 0.4) is 0 Å². The van der Waals surface area contributed by atoms with Crippen molar-refractivity contribution in [2.75, 3.05) is 52.2 Å². The number of likely N-dealkylation sites (N-methyl/N-ethyl adjacent to an activating group) is 1. The molecule has 2 aromatic heterocycles. The van der Waals surface area contributed by atoms with E-state index in [-0.39, 0.29) is 24.1 Å². The van der Waals surface area contributed by atoms with Crippen LogP contribution in [0.4, 0.5) is 20.7 Å². The number of ether oxygens (including phenoxy) is 2. The number of fused-ring (bicyclic) bond motifs is 1. The molecule has 3 amide bonds. The predicted octanol–water partition coefficient (Wildman–Crippen LogP) is 4.75. The van der Waals surface area contributed by atoms with Crippen LogP contribution in [0.1, 0.15) is 36.7 Å². The van der Waals surface area contributed by atoms with Gasteiger partial charge in [-0.1, -0.05) is 0 Å². The number of nitrogens with one attached hydrogen (secondary N) is 1. The number of hydrogen-bond acceptors (Lipinski definition) is 8. The van der Waals surface area contributed by atoms with E-state index in [0.29, 0.717) is 65.7 Å². The number of piperazine rings is 1. The first-order valence-corrected chi connectivity index (χ1v) is 14.9. The number of halogens is 1. The Morgan fingerprint density at radius 1 is 1.02 bits per heavy atom. The van der Waals surface area contributed by atoms with Gasteiger partial charge in [-0.2, -0.15) is 0 Å². The van der Waals surface area contributed by atoms with Crippen molar-refractivity contribution in [3.05, 3.63) is 71.9 Å². The second kappa shape index (κ2) is 13.0. The number of carbonyl (C=O) groups is 3. The first-order valence-electron chi connectivity index (χ1n) is 14.9. The lowest BCUT2D eigenvalue weighted by atomic mass is 10.1. The highest BCUT2D eigenvalue weighted by Gasteiger charge is 2.29. The Hall–Kier alpha value is -5.20. The molecule has 1 saturated heterocycles. The summed E-state index contributed by atoms with van der Waals surface area (Å²) in [4.78, 5) is 52.2. The van der Waals surface area contributed by atoms with Crippen LogP contribution in [-0.4, -0.2) is 99.5 Å². The normalized spacial score (nSPS) is 13.5. The Balaban J connectivity index is 1.22. The van der Waals surface area contributed by atoms with E-state index in [0.717, 1.165) is 0 Å². The number of rotatable bonds is 7. The van der Waals surface area contributed by atoms with Crippen LogP contribution in [0.25, 0.3) is 16.9 Å². The number of hydrogen-bond donors (Lipinski definition) is 1. The third-order valence-corrected chi connectivity index (χ3v) is 7.60. The molecule has 1 aliphatic rings. The van der Waals surface area contributed by atoms with E-state index in [9.17, 15) is 18.8 Å². The number of nitrogens with zero attached hydrogens (tertiary/aromatic N) is 6. The van der Waals surface area contributed by atoms with E-state index in [4.69, 9.17) is 9.47 Å². The van der Waals surface area contributed by atoms with Crippen molar-refractivity contribution >= 4 is 35.1 Å². The third kappa shape index (κ3) is 7.03. The number of benzene rings is 2. The van der Waals surface area contributed by atoms with Gasteiger partial charge in [-0.05, 0) is 69.7 Å². The molecule has 1 aliphatic heterocycles. The van der Waals surface area contributed by atoms with Gasteiger partial charge in [0.2, 0.25) is 5.91 Å². The summed E-state index contributed by atoms with van der Waals surface area (Å²) in [5, 5.41) is 3.27. The summed E-state index contributed by atoms with van der Waals surface area (Å²) in [6.45, 7) is 8.65. The van der Waals surface area contributed by atoms with Gasteiger partial charge in [-0.3, -0.25) is 14.0 Å². The van der Waals surface area contributed by atoms with Gasteiger partial charge in [-0.25, -0.2) is 19.2 Å². The van der Waals surface area contributed by atoms with E-state index in [2.05, 4.69) is 15.3 Å². The minimum atomic E-state index is -0.588. The molecule has 0 saturated carbocycles. The third-order valence-electron chi connectivity index (χ3n) is 7.60. The second-order valence-corrected chi connectivity index (χ2v) is 12.1. The van der Waals surface area contributed by atoms with Crippen molar-refractivity contribution in [3.63, 3.8) is 0 Å². The first-order chi connectivity index (χ1) is 21.8. The average molecular weight is 632 g/mol. The Bertz CT molecular complexity index is 1780. The highest BCUT2D eigenvalue weighted by Crippen LogP contribution is 2.29. The quantitative estimate of drug-likeness (QED) is 0.310. The molecule has 0 spiro atoms. The van der Waals surface area contributed by atoms with E-state index in [1.807, 2.05) is 38.2 Å². The summed E-state index contributed by atoms with van der Waals surface area (Å²) in [7, 11) is 3.01. The molecule has 0 radical (unpaired) electrons. The molecule has 1 N–H and O–H groups in total. The van der Waals surface area contributed by atoms with Crippen molar-refractivity contribution in [2.45, 2.75) is 33.3 Å². The van der Waals surface area contributed by atoms with Crippen LogP contribution in [0.15, 0.2) is 55.0 Å². The van der Waals surface area contributed by atoms with Gasteiger partial charge in [0.1, 0.15) is 5.60 Å². The molecule has 5 rings (SSSR count). The highest BCUT2D eigenvalue weighted by molar-refractivity contribution is 5.98. The Kier molecular flexibility index (Phi) is 9.12. The molecule has 242 valence electrons. The molecule has 4 aromatic rings. The maximum Gasteiger partial charge on any atom is 0.410 e. The zero-order chi connectivity index (χ0) is 33.2. The SMILES string of the molecule is COc1ccc(-c2cnc3c(Nc4ccc(C(=O)N(C)CC(=O)N5CCN(C(=O)OC(C)(C)C)CC5)c(C)c4)nccn23)cc1F. The fourth-order valence-corrected chi connectivity index (χ4v) is 5.21. The molecule has 12 nitrogen and oxygen atoms in total. The van der Waals surface area contributed by atoms with Gasteiger partial charge >= 0.3 is 6.09 Å². The summed E-state index contributed by atoms with van der Waals surface area (Å²) in [6.07, 6.45) is 4.62. The first kappa shape index (κ1) is 32.2. The van der Waals surface area contributed by atoms with Crippen molar-refractivity contribution in [1.29, 1.82) is 0 Å². The lowest BCUT2D eigenvalue weighted by Gasteiger charge is -2.36. The van der Waals surface area contributed by atoms with Crippen molar-refractivity contribution in [2.24, 2.45) is 0 Å². The molecular formula is C33H38FN7O5. The molecule has 1 fully saturated rings. The van der Waals surface area contributed by atoms with Crippen LogP contribution in [0.5, 0.6) is 5.75 Å². The fourth-order valence-electron chi connectivity index (χ4n) is 5.21. The van der Waals surface area contributed by atoms with E-state index in [1.54, 1.807) is 59.7 Å². The monoisotopic (exact) mass is 631 g/mol.